The van der Waals surface area contributed by atoms with Crippen LogP contribution in [0.1, 0.15) is 13.8 Å². The van der Waals surface area contributed by atoms with Crippen molar-refractivity contribution in [2.24, 2.45) is 0 Å². The van der Waals surface area contributed by atoms with Crippen LogP contribution in [0, 0.1) is 0 Å². The average Bonchev–Trinajstić information content (AvgIpc) is 2.15. The fourth-order valence-electron chi connectivity index (χ4n) is 1.22. The van der Waals surface area contributed by atoms with E-state index in [0.717, 1.165) is 12.2 Å². The molecule has 1 aromatic carbocycles. The van der Waals surface area contributed by atoms with Gasteiger partial charge in [-0.25, -0.2) is 0 Å². The first kappa shape index (κ1) is 10.6. The Labute approximate surface area is 84.5 Å². The molecular weight excluding hydrogens is 176 g/mol. The summed E-state index contributed by atoms with van der Waals surface area (Å²) in [6.07, 6.45) is 0. The first-order valence-electron chi connectivity index (χ1n) is 4.74. The topological polar surface area (TPSA) is 41.1 Å². The van der Waals surface area contributed by atoms with E-state index in [9.17, 15) is 4.79 Å². The van der Waals surface area contributed by atoms with Crippen LogP contribution >= 0.6 is 0 Å². The van der Waals surface area contributed by atoms with E-state index in [1.807, 2.05) is 37.3 Å². The summed E-state index contributed by atoms with van der Waals surface area (Å²) in [6, 6.07) is 10.1. The van der Waals surface area contributed by atoms with Crippen LogP contribution in [0.4, 0.5) is 5.69 Å². The molecule has 1 unspecified atom stereocenters. The normalized spacial score (nSPS) is 11.9. The van der Waals surface area contributed by atoms with Gasteiger partial charge in [-0.3, -0.25) is 4.79 Å². The van der Waals surface area contributed by atoms with Crippen molar-refractivity contribution in [1.29, 1.82) is 0 Å². The third-order valence-corrected chi connectivity index (χ3v) is 1.84. The van der Waals surface area contributed by atoms with Crippen molar-refractivity contribution in [1.82, 2.24) is 5.32 Å². The van der Waals surface area contributed by atoms with Crippen molar-refractivity contribution < 1.29 is 4.79 Å². The van der Waals surface area contributed by atoms with Crippen LogP contribution in [-0.4, -0.2) is 18.5 Å². The van der Waals surface area contributed by atoms with Crippen molar-refractivity contribution in [3.63, 3.8) is 0 Å². The van der Waals surface area contributed by atoms with E-state index in [1.54, 1.807) is 0 Å². The fraction of sp³-hybridized carbons (Fsp3) is 0.364. The standard InChI is InChI=1S/C11H16N2O/c1-9(13-10(2)14)8-12-11-6-4-3-5-7-11/h3-7,9,12H,8H2,1-2H3,(H,13,14). The molecule has 0 radical (unpaired) electrons. The van der Waals surface area contributed by atoms with Gasteiger partial charge in [0, 0.05) is 25.2 Å². The van der Waals surface area contributed by atoms with E-state index in [4.69, 9.17) is 0 Å². The number of amides is 1. The molecule has 1 amide bonds. The van der Waals surface area contributed by atoms with Crippen molar-refractivity contribution in [2.75, 3.05) is 11.9 Å². The molecule has 0 saturated carbocycles. The smallest absolute Gasteiger partial charge is 0.217 e. The number of anilines is 1. The monoisotopic (exact) mass is 192 g/mol. The Morgan fingerprint density at radius 2 is 2.00 bits per heavy atom. The maximum absolute atomic E-state index is 10.7. The lowest BCUT2D eigenvalue weighted by molar-refractivity contribution is -0.119. The molecule has 0 aliphatic carbocycles. The van der Waals surface area contributed by atoms with Crippen molar-refractivity contribution >= 4 is 11.6 Å². The van der Waals surface area contributed by atoms with Gasteiger partial charge in [0.25, 0.3) is 0 Å². The molecule has 3 heteroatoms. The molecule has 0 aliphatic heterocycles. The van der Waals surface area contributed by atoms with Gasteiger partial charge in [-0.1, -0.05) is 18.2 Å². The van der Waals surface area contributed by atoms with Crippen LogP contribution in [-0.2, 0) is 4.79 Å². The highest BCUT2D eigenvalue weighted by Crippen LogP contribution is 2.04. The van der Waals surface area contributed by atoms with E-state index in [2.05, 4.69) is 10.6 Å². The minimum absolute atomic E-state index is 0.00682. The predicted octanol–water partition coefficient (Wildman–Crippen LogP) is 1.62. The summed E-state index contributed by atoms with van der Waals surface area (Å²) < 4.78 is 0. The van der Waals surface area contributed by atoms with Crippen LogP contribution in [0.25, 0.3) is 0 Å². The molecule has 14 heavy (non-hydrogen) atoms. The van der Waals surface area contributed by atoms with Gasteiger partial charge in [0.1, 0.15) is 0 Å². The Balaban J connectivity index is 2.30. The molecule has 3 nitrogen and oxygen atoms in total. The second kappa shape index (κ2) is 5.27. The first-order valence-corrected chi connectivity index (χ1v) is 4.74. The molecule has 0 bridgehead atoms. The summed E-state index contributed by atoms with van der Waals surface area (Å²) in [5.41, 5.74) is 1.07. The van der Waals surface area contributed by atoms with Gasteiger partial charge < -0.3 is 10.6 Å². The average molecular weight is 192 g/mol. The predicted molar refractivity (Wildman–Crippen MR) is 58.2 cm³/mol. The SMILES string of the molecule is CC(=O)NC(C)CNc1ccccc1. The molecule has 0 aliphatic rings. The van der Waals surface area contributed by atoms with Gasteiger partial charge in [-0.05, 0) is 19.1 Å². The Morgan fingerprint density at radius 3 is 2.57 bits per heavy atom. The van der Waals surface area contributed by atoms with Crippen LogP contribution in [0.2, 0.25) is 0 Å². The zero-order valence-electron chi connectivity index (χ0n) is 8.58. The van der Waals surface area contributed by atoms with Gasteiger partial charge in [-0.15, -0.1) is 0 Å². The van der Waals surface area contributed by atoms with E-state index in [-0.39, 0.29) is 11.9 Å². The molecule has 1 atom stereocenters. The number of carbonyl (C=O) groups is 1. The summed E-state index contributed by atoms with van der Waals surface area (Å²) in [7, 11) is 0. The summed E-state index contributed by atoms with van der Waals surface area (Å²) in [4.78, 5) is 10.7. The van der Waals surface area contributed by atoms with Gasteiger partial charge in [0.05, 0.1) is 0 Å². The van der Waals surface area contributed by atoms with E-state index < -0.39 is 0 Å². The van der Waals surface area contributed by atoms with Gasteiger partial charge in [0.2, 0.25) is 5.91 Å². The Bertz CT molecular complexity index is 285. The number of hydrogen-bond acceptors (Lipinski definition) is 2. The van der Waals surface area contributed by atoms with Crippen LogP contribution in [0.3, 0.4) is 0 Å². The van der Waals surface area contributed by atoms with Crippen molar-refractivity contribution in [2.45, 2.75) is 19.9 Å². The number of hydrogen-bond donors (Lipinski definition) is 2. The second-order valence-corrected chi connectivity index (χ2v) is 3.35. The van der Waals surface area contributed by atoms with Gasteiger partial charge in [-0.2, -0.15) is 0 Å². The molecule has 0 saturated heterocycles. The highest BCUT2D eigenvalue weighted by atomic mass is 16.1. The molecule has 0 aromatic heterocycles. The molecule has 2 N–H and O–H groups in total. The summed E-state index contributed by atoms with van der Waals surface area (Å²) in [6.45, 7) is 4.24. The van der Waals surface area contributed by atoms with Crippen molar-refractivity contribution in [3.8, 4) is 0 Å². The zero-order chi connectivity index (χ0) is 10.4. The lowest BCUT2D eigenvalue weighted by Gasteiger charge is -2.13. The van der Waals surface area contributed by atoms with Gasteiger partial charge in [0.15, 0.2) is 0 Å². The first-order chi connectivity index (χ1) is 6.68. The highest BCUT2D eigenvalue weighted by molar-refractivity contribution is 5.73. The lowest BCUT2D eigenvalue weighted by Crippen LogP contribution is -2.35. The quantitative estimate of drug-likeness (QED) is 0.761. The van der Waals surface area contributed by atoms with E-state index in [0.29, 0.717) is 0 Å². The number of rotatable bonds is 4. The Hall–Kier alpha value is -1.51. The molecular formula is C11H16N2O. The third-order valence-electron chi connectivity index (χ3n) is 1.84. The largest absolute Gasteiger partial charge is 0.383 e. The minimum Gasteiger partial charge on any atom is -0.383 e. The second-order valence-electron chi connectivity index (χ2n) is 3.35. The highest BCUT2D eigenvalue weighted by Gasteiger charge is 2.01. The molecule has 76 valence electrons. The van der Waals surface area contributed by atoms with Crippen LogP contribution in [0.15, 0.2) is 30.3 Å². The molecule has 0 spiro atoms. The lowest BCUT2D eigenvalue weighted by atomic mass is 10.3. The molecule has 1 aromatic rings. The Kier molecular flexibility index (Phi) is 3.98. The van der Waals surface area contributed by atoms with E-state index in [1.165, 1.54) is 6.92 Å². The maximum Gasteiger partial charge on any atom is 0.217 e. The Morgan fingerprint density at radius 1 is 1.36 bits per heavy atom. The maximum atomic E-state index is 10.7. The number of nitrogens with one attached hydrogen (secondary N) is 2. The zero-order valence-corrected chi connectivity index (χ0v) is 8.58. The van der Waals surface area contributed by atoms with Crippen LogP contribution < -0.4 is 10.6 Å². The molecule has 0 heterocycles. The molecule has 0 fully saturated rings. The summed E-state index contributed by atoms with van der Waals surface area (Å²) in [5, 5.41) is 6.05. The number of benzene rings is 1. The number of para-hydroxylation sites is 1. The van der Waals surface area contributed by atoms with E-state index >= 15 is 0 Å². The molecule has 1 rings (SSSR count). The van der Waals surface area contributed by atoms with Crippen molar-refractivity contribution in [3.05, 3.63) is 30.3 Å². The summed E-state index contributed by atoms with van der Waals surface area (Å²) >= 11 is 0. The van der Waals surface area contributed by atoms with Gasteiger partial charge >= 0.3 is 0 Å². The third kappa shape index (κ3) is 3.94. The van der Waals surface area contributed by atoms with Crippen LogP contribution in [0.5, 0.6) is 0 Å². The minimum atomic E-state index is 0.00682. The number of carbonyl (C=O) groups excluding carboxylic acids is 1. The summed E-state index contributed by atoms with van der Waals surface area (Å²) in [5.74, 6) is 0.00682. The fourth-order valence-corrected chi connectivity index (χ4v) is 1.22.